The first-order valence-electron chi connectivity index (χ1n) is 11.8. The molecule has 1 N–H and O–H groups in total. The Bertz CT molecular complexity index is 1740. The summed E-state index contributed by atoms with van der Waals surface area (Å²) in [6.45, 7) is 1.66. The van der Waals surface area contributed by atoms with Crippen LogP contribution in [-0.4, -0.2) is 39.5 Å². The van der Waals surface area contributed by atoms with Crippen LogP contribution < -0.4 is 25.1 Å². The van der Waals surface area contributed by atoms with Gasteiger partial charge in [-0.25, -0.2) is 14.1 Å². The summed E-state index contributed by atoms with van der Waals surface area (Å²) in [6, 6.07) is 13.9. The Hall–Kier alpha value is -5.19. The van der Waals surface area contributed by atoms with Gasteiger partial charge < -0.3 is 19.5 Å². The van der Waals surface area contributed by atoms with Gasteiger partial charge in [-0.3, -0.25) is 19.3 Å². The summed E-state index contributed by atoms with van der Waals surface area (Å²) in [5.74, 6) is 1.23. The van der Waals surface area contributed by atoms with Gasteiger partial charge in [-0.2, -0.15) is 0 Å². The van der Waals surface area contributed by atoms with E-state index in [0.29, 0.717) is 45.3 Å². The molecule has 5 aromatic rings. The molecule has 0 atom stereocenters. The van der Waals surface area contributed by atoms with E-state index in [4.69, 9.17) is 14.2 Å². The molecular weight excluding hydrogens is 505 g/mol. The van der Waals surface area contributed by atoms with Crippen LogP contribution in [-0.2, 0) is 7.05 Å². The molecule has 10 nitrogen and oxygen atoms in total. The lowest BCUT2D eigenvalue weighted by Gasteiger charge is -2.12. The van der Waals surface area contributed by atoms with E-state index in [2.05, 4.69) is 15.3 Å². The van der Waals surface area contributed by atoms with Crippen LogP contribution in [0.25, 0.3) is 16.6 Å². The molecule has 0 fully saturated rings. The molecule has 11 heteroatoms. The van der Waals surface area contributed by atoms with Gasteiger partial charge in [0.25, 0.3) is 11.5 Å². The molecule has 0 bridgehead atoms. The third-order valence-electron chi connectivity index (χ3n) is 6.26. The number of anilines is 1. The quantitative estimate of drug-likeness (QED) is 0.327. The average molecular weight is 530 g/mol. The van der Waals surface area contributed by atoms with Gasteiger partial charge in [-0.1, -0.05) is 0 Å². The lowest BCUT2D eigenvalue weighted by Crippen LogP contribution is -2.25. The van der Waals surface area contributed by atoms with Crippen LogP contribution in [0.1, 0.15) is 16.1 Å². The fourth-order valence-corrected chi connectivity index (χ4v) is 4.20. The van der Waals surface area contributed by atoms with E-state index in [-0.39, 0.29) is 11.4 Å². The van der Waals surface area contributed by atoms with E-state index >= 15 is 0 Å². The summed E-state index contributed by atoms with van der Waals surface area (Å²) in [4.78, 5) is 34.8. The van der Waals surface area contributed by atoms with Crippen LogP contribution >= 0.6 is 0 Å². The van der Waals surface area contributed by atoms with Crippen LogP contribution in [0.4, 0.5) is 10.2 Å². The van der Waals surface area contributed by atoms with Crippen LogP contribution in [0.3, 0.4) is 0 Å². The number of amides is 1. The molecule has 0 aliphatic carbocycles. The minimum absolute atomic E-state index is 0.0448. The van der Waals surface area contributed by atoms with Gasteiger partial charge in [0.05, 0.1) is 37.3 Å². The first-order valence-corrected chi connectivity index (χ1v) is 11.8. The zero-order valence-electron chi connectivity index (χ0n) is 21.6. The molecular formula is C28H24FN5O5. The van der Waals surface area contributed by atoms with E-state index in [1.807, 2.05) is 0 Å². The van der Waals surface area contributed by atoms with Crippen molar-refractivity contribution in [2.24, 2.45) is 7.05 Å². The molecule has 3 heterocycles. The Morgan fingerprint density at radius 3 is 2.33 bits per heavy atom. The maximum Gasteiger partial charge on any atom is 0.284 e. The van der Waals surface area contributed by atoms with Crippen molar-refractivity contribution in [3.05, 3.63) is 94.4 Å². The number of halogens is 1. The van der Waals surface area contributed by atoms with E-state index in [1.165, 1.54) is 35.1 Å². The number of nitrogens with zero attached hydrogens (tertiary/aromatic N) is 4. The van der Waals surface area contributed by atoms with Crippen molar-refractivity contribution in [3.63, 3.8) is 0 Å². The normalized spacial score (nSPS) is 10.9. The molecule has 0 saturated carbocycles. The van der Waals surface area contributed by atoms with Gasteiger partial charge in [0.2, 0.25) is 0 Å². The lowest BCUT2D eigenvalue weighted by atomic mass is 10.2. The van der Waals surface area contributed by atoms with Crippen LogP contribution in [0.5, 0.6) is 23.0 Å². The molecule has 0 aliphatic rings. The molecule has 198 valence electrons. The predicted molar refractivity (Wildman–Crippen MR) is 143 cm³/mol. The van der Waals surface area contributed by atoms with E-state index < -0.39 is 17.3 Å². The number of ether oxygens (including phenoxy) is 3. The highest BCUT2D eigenvalue weighted by Crippen LogP contribution is 2.36. The molecule has 0 aliphatic heterocycles. The third-order valence-corrected chi connectivity index (χ3v) is 6.26. The van der Waals surface area contributed by atoms with Gasteiger partial charge in [0, 0.05) is 24.7 Å². The van der Waals surface area contributed by atoms with E-state index in [9.17, 15) is 14.0 Å². The second-order valence-electron chi connectivity index (χ2n) is 8.55. The first kappa shape index (κ1) is 25.5. The van der Waals surface area contributed by atoms with Crippen LogP contribution in [0.2, 0.25) is 0 Å². The van der Waals surface area contributed by atoms with E-state index in [0.717, 1.165) is 0 Å². The number of carbonyl (C=O) groups excluding carboxylic acids is 1. The van der Waals surface area contributed by atoms with Gasteiger partial charge in [0.1, 0.15) is 28.7 Å². The Kier molecular flexibility index (Phi) is 6.72. The number of aromatic nitrogens is 4. The Balaban J connectivity index is 1.37. The van der Waals surface area contributed by atoms with Gasteiger partial charge >= 0.3 is 0 Å². The number of rotatable bonds is 7. The molecule has 39 heavy (non-hydrogen) atoms. The number of benzene rings is 2. The summed E-state index contributed by atoms with van der Waals surface area (Å²) < 4.78 is 33.0. The Morgan fingerprint density at radius 1 is 0.949 bits per heavy atom. The molecule has 0 unspecified atom stereocenters. The predicted octanol–water partition coefficient (Wildman–Crippen LogP) is 4.63. The number of nitrogens with one attached hydrogen (secondary N) is 1. The van der Waals surface area contributed by atoms with E-state index in [1.54, 1.807) is 69.4 Å². The maximum absolute atomic E-state index is 13.4. The number of pyridine rings is 2. The van der Waals surface area contributed by atoms with Crippen molar-refractivity contribution in [3.8, 4) is 28.7 Å². The average Bonchev–Trinajstić information content (AvgIpc) is 3.17. The summed E-state index contributed by atoms with van der Waals surface area (Å²) >= 11 is 0. The number of hydrogen-bond acceptors (Lipinski definition) is 7. The fraction of sp³-hybridized carbons (Fsp3) is 0.143. The van der Waals surface area contributed by atoms with Crippen molar-refractivity contribution < 1.29 is 23.4 Å². The number of hydrogen-bond donors (Lipinski definition) is 1. The monoisotopic (exact) mass is 529 g/mol. The van der Waals surface area contributed by atoms with Crippen LogP contribution in [0.15, 0.2) is 71.8 Å². The van der Waals surface area contributed by atoms with Crippen molar-refractivity contribution in [1.29, 1.82) is 0 Å². The minimum atomic E-state index is -0.615. The topological polar surface area (TPSA) is 110 Å². The summed E-state index contributed by atoms with van der Waals surface area (Å²) in [5, 5.41) is 3.37. The molecule has 1 amide bonds. The molecule has 3 aromatic heterocycles. The Labute approximate surface area is 222 Å². The minimum Gasteiger partial charge on any atom is -0.493 e. The largest absolute Gasteiger partial charge is 0.493 e. The highest BCUT2D eigenvalue weighted by atomic mass is 19.1. The number of methoxy groups -OCH3 is 2. The second kappa shape index (κ2) is 10.3. The number of fused-ring (bicyclic) bond motifs is 1. The zero-order valence-corrected chi connectivity index (χ0v) is 21.6. The SMILES string of the molecule is COc1cc2nccc(Oc3ccc(NC(=O)c4c(C)n(C)n(-c5ccc(F)cc5)c4=O)nc3)c2cc1OC. The number of carbonyl (C=O) groups is 1. The smallest absolute Gasteiger partial charge is 0.284 e. The molecule has 0 saturated heterocycles. The van der Waals surface area contributed by atoms with Crippen molar-refractivity contribution in [1.82, 2.24) is 19.3 Å². The maximum atomic E-state index is 13.4. The zero-order chi connectivity index (χ0) is 27.7. The highest BCUT2D eigenvalue weighted by Gasteiger charge is 2.22. The highest BCUT2D eigenvalue weighted by molar-refractivity contribution is 6.04. The summed E-state index contributed by atoms with van der Waals surface area (Å²) in [5.41, 5.74) is 0.961. The van der Waals surface area contributed by atoms with Crippen molar-refractivity contribution >= 4 is 22.6 Å². The van der Waals surface area contributed by atoms with Gasteiger partial charge in [-0.15, -0.1) is 0 Å². The van der Waals surface area contributed by atoms with Crippen LogP contribution in [0, 0.1) is 12.7 Å². The fourth-order valence-electron chi connectivity index (χ4n) is 4.20. The molecule has 2 aromatic carbocycles. The van der Waals surface area contributed by atoms with Crippen molar-refractivity contribution in [2.75, 3.05) is 19.5 Å². The van der Waals surface area contributed by atoms with Gasteiger partial charge in [0.15, 0.2) is 11.5 Å². The molecule has 0 radical (unpaired) electrons. The lowest BCUT2D eigenvalue weighted by molar-refractivity contribution is 0.102. The standard InChI is InChI=1S/C28H24FN5O5/c1-16-26(28(36)34(33(16)2)18-7-5-17(29)6-8-18)27(35)32-25-10-9-19(15-31-25)39-22-11-12-30-21-14-24(38-4)23(37-3)13-20(21)22/h5-15H,1-4H3,(H,31,32,35). The third kappa shape index (κ3) is 4.77. The Morgan fingerprint density at radius 2 is 1.67 bits per heavy atom. The first-order chi connectivity index (χ1) is 18.8. The molecule has 0 spiro atoms. The molecule has 5 rings (SSSR count). The van der Waals surface area contributed by atoms with Crippen molar-refractivity contribution in [2.45, 2.75) is 6.92 Å². The van der Waals surface area contributed by atoms with Gasteiger partial charge in [-0.05, 0) is 55.5 Å². The summed E-state index contributed by atoms with van der Waals surface area (Å²) in [6.07, 6.45) is 3.07. The second-order valence-corrected chi connectivity index (χ2v) is 8.55. The summed E-state index contributed by atoms with van der Waals surface area (Å²) in [7, 11) is 4.75.